The number of rotatable bonds is 8. The molecule has 0 amide bonds. The number of hydrogen-bond acceptors (Lipinski definition) is 6. The van der Waals surface area contributed by atoms with Gasteiger partial charge in [0.05, 0.1) is 44.3 Å². The molecule has 0 saturated carbocycles. The fraction of sp³-hybridized carbons (Fsp3) is 0.444. The van der Waals surface area contributed by atoms with Gasteiger partial charge in [0.1, 0.15) is 11.3 Å². The fourth-order valence-electron chi connectivity index (χ4n) is 2.64. The molecule has 0 radical (unpaired) electrons. The Bertz CT molecular complexity index is 853. The quantitative estimate of drug-likeness (QED) is 0.705. The number of halogens is 3. The zero-order valence-corrected chi connectivity index (χ0v) is 15.7. The molecule has 0 bridgehead atoms. The average Bonchev–Trinajstić information content (AvgIpc) is 2.63. The van der Waals surface area contributed by atoms with Crippen LogP contribution in [0, 0.1) is 0 Å². The van der Waals surface area contributed by atoms with Crippen LogP contribution in [0.1, 0.15) is 18.1 Å². The lowest BCUT2D eigenvalue weighted by Gasteiger charge is -2.30. The van der Waals surface area contributed by atoms with Crippen molar-refractivity contribution in [3.05, 3.63) is 51.9 Å². The highest BCUT2D eigenvalue weighted by Crippen LogP contribution is 2.33. The molecular weight excluding hydrogens is 379 g/mol. The second-order valence-corrected chi connectivity index (χ2v) is 6.52. The summed E-state index contributed by atoms with van der Waals surface area (Å²) in [5, 5.41) is 15.9. The lowest BCUT2D eigenvalue weighted by Crippen LogP contribution is -2.45. The van der Waals surface area contributed by atoms with Gasteiger partial charge in [-0.05, 0) is 24.6 Å². The summed E-state index contributed by atoms with van der Waals surface area (Å²) in [7, 11) is 2.84. The molecule has 0 aliphatic heterocycles. The predicted octanol–water partition coefficient (Wildman–Crippen LogP) is 2.13. The molecule has 1 aromatic carbocycles. The Morgan fingerprint density at radius 2 is 1.86 bits per heavy atom. The molecule has 7 nitrogen and oxygen atoms in total. The van der Waals surface area contributed by atoms with Crippen LogP contribution in [0.25, 0.3) is 0 Å². The Morgan fingerprint density at radius 1 is 1.21 bits per heavy atom. The van der Waals surface area contributed by atoms with E-state index in [1.54, 1.807) is 24.3 Å². The third-order valence-electron chi connectivity index (χ3n) is 4.07. The molecule has 2 N–H and O–H groups in total. The summed E-state index contributed by atoms with van der Waals surface area (Å²) in [5.41, 5.74) is -3.82. The number of nitrogens with zero attached hydrogens (tertiary/aromatic N) is 2. The minimum absolute atomic E-state index is 0.0737. The molecule has 28 heavy (non-hydrogen) atoms. The number of hydrogen-bond donors (Lipinski definition) is 2. The number of alkyl halides is 3. The van der Waals surface area contributed by atoms with E-state index in [1.807, 2.05) is 0 Å². The largest absolute Gasteiger partial charge is 0.497 e. The molecule has 1 atom stereocenters. The number of benzene rings is 1. The van der Waals surface area contributed by atoms with E-state index in [-0.39, 0.29) is 13.2 Å². The number of anilines is 1. The van der Waals surface area contributed by atoms with Gasteiger partial charge < -0.3 is 19.9 Å². The molecule has 1 heterocycles. The fourth-order valence-corrected chi connectivity index (χ4v) is 2.64. The van der Waals surface area contributed by atoms with Crippen LogP contribution in [0.15, 0.2) is 35.3 Å². The summed E-state index contributed by atoms with van der Waals surface area (Å²) in [5.74, 6) is 0.584. The van der Waals surface area contributed by atoms with Crippen molar-refractivity contribution < 1.29 is 27.8 Å². The highest BCUT2D eigenvalue weighted by atomic mass is 19.4. The molecule has 1 aromatic heterocycles. The summed E-state index contributed by atoms with van der Waals surface area (Å²) in [6.45, 7) is 0.754. The Hall–Kier alpha value is -2.59. The first-order chi connectivity index (χ1) is 13.1. The van der Waals surface area contributed by atoms with Crippen LogP contribution in [0.5, 0.6) is 5.75 Å². The zero-order chi connectivity index (χ0) is 20.9. The number of nitrogens with one attached hydrogen (secondary N) is 1. The van der Waals surface area contributed by atoms with Crippen molar-refractivity contribution in [3.8, 4) is 5.75 Å². The second kappa shape index (κ2) is 8.61. The first kappa shape index (κ1) is 21.7. The molecule has 0 fully saturated rings. The molecule has 0 aliphatic rings. The molecule has 10 heteroatoms. The van der Waals surface area contributed by atoms with E-state index in [0.29, 0.717) is 11.3 Å². The number of ether oxygens (including phenoxy) is 2. The molecule has 0 spiro atoms. The van der Waals surface area contributed by atoms with Crippen molar-refractivity contribution >= 4 is 5.69 Å². The van der Waals surface area contributed by atoms with Gasteiger partial charge >= 0.3 is 6.18 Å². The van der Waals surface area contributed by atoms with E-state index in [0.717, 1.165) is 10.9 Å². The maximum absolute atomic E-state index is 13.6. The van der Waals surface area contributed by atoms with Crippen LogP contribution in [0.3, 0.4) is 0 Å². The third kappa shape index (κ3) is 5.02. The number of methoxy groups -OCH3 is 2. The molecule has 2 rings (SSSR count). The maximum Gasteiger partial charge on any atom is 0.423 e. The number of aromatic nitrogens is 2. The van der Waals surface area contributed by atoms with Gasteiger partial charge in [0.2, 0.25) is 0 Å². The van der Waals surface area contributed by atoms with Gasteiger partial charge in [0.25, 0.3) is 5.56 Å². The Labute approximate surface area is 159 Å². The van der Waals surface area contributed by atoms with E-state index in [2.05, 4.69) is 10.4 Å². The van der Waals surface area contributed by atoms with Crippen LogP contribution < -0.4 is 15.6 Å². The van der Waals surface area contributed by atoms with Gasteiger partial charge in [-0.2, -0.15) is 18.3 Å². The van der Waals surface area contributed by atoms with E-state index < -0.39 is 35.1 Å². The van der Waals surface area contributed by atoms with Crippen LogP contribution in [-0.2, 0) is 17.5 Å². The minimum Gasteiger partial charge on any atom is -0.497 e. The Morgan fingerprint density at radius 3 is 2.36 bits per heavy atom. The van der Waals surface area contributed by atoms with Crippen molar-refractivity contribution in [1.82, 2.24) is 9.78 Å². The van der Waals surface area contributed by atoms with Crippen LogP contribution in [0.2, 0.25) is 0 Å². The van der Waals surface area contributed by atoms with Gasteiger partial charge in [0, 0.05) is 7.11 Å². The molecule has 0 saturated heterocycles. The average molecular weight is 401 g/mol. The van der Waals surface area contributed by atoms with Gasteiger partial charge in [-0.1, -0.05) is 12.1 Å². The van der Waals surface area contributed by atoms with E-state index in [4.69, 9.17) is 9.47 Å². The highest BCUT2D eigenvalue weighted by Gasteiger charge is 2.39. The zero-order valence-electron chi connectivity index (χ0n) is 15.7. The van der Waals surface area contributed by atoms with Gasteiger partial charge in [-0.15, -0.1) is 0 Å². The van der Waals surface area contributed by atoms with E-state index in [1.165, 1.54) is 21.1 Å². The van der Waals surface area contributed by atoms with Gasteiger partial charge in [-0.3, -0.25) is 4.79 Å². The number of aliphatic hydroxyl groups excluding tert-OH is 1. The van der Waals surface area contributed by atoms with E-state index in [9.17, 15) is 23.1 Å². The Balaban J connectivity index is 2.44. The number of aliphatic hydroxyl groups is 1. The normalized spacial score (nSPS) is 13.8. The summed E-state index contributed by atoms with van der Waals surface area (Å²) >= 11 is 0. The first-order valence-electron chi connectivity index (χ1n) is 8.32. The SMILES string of the molecule is COC[C@](C)(CO)Nc1cnn(Cc2ccc(OC)cc2)c(=O)c1C(F)(F)F. The lowest BCUT2D eigenvalue weighted by atomic mass is 10.0. The summed E-state index contributed by atoms with van der Waals surface area (Å²) in [4.78, 5) is 12.5. The predicted molar refractivity (Wildman–Crippen MR) is 96.6 cm³/mol. The van der Waals surface area contributed by atoms with Crippen molar-refractivity contribution in [2.75, 3.05) is 32.8 Å². The standard InChI is InChI=1S/C18H22F3N3O4/c1-17(10-25,11-27-2)23-14-8-22-24(16(26)15(14)18(19,20)21)9-12-4-6-13(28-3)7-5-12/h4-8,23,25H,9-11H2,1-3H3/t17-/m0/s1. The van der Waals surface area contributed by atoms with Crippen molar-refractivity contribution in [2.45, 2.75) is 25.2 Å². The summed E-state index contributed by atoms with van der Waals surface area (Å²) < 4.78 is 51.5. The summed E-state index contributed by atoms with van der Waals surface area (Å²) in [6.07, 6.45) is -3.98. The second-order valence-electron chi connectivity index (χ2n) is 6.52. The van der Waals surface area contributed by atoms with Crippen molar-refractivity contribution in [1.29, 1.82) is 0 Å². The van der Waals surface area contributed by atoms with Crippen LogP contribution in [0.4, 0.5) is 18.9 Å². The van der Waals surface area contributed by atoms with Crippen molar-refractivity contribution in [3.63, 3.8) is 0 Å². The van der Waals surface area contributed by atoms with Crippen LogP contribution >= 0.6 is 0 Å². The topological polar surface area (TPSA) is 85.6 Å². The lowest BCUT2D eigenvalue weighted by molar-refractivity contribution is -0.138. The summed E-state index contributed by atoms with van der Waals surface area (Å²) in [6, 6.07) is 6.54. The van der Waals surface area contributed by atoms with Gasteiger partial charge in [-0.25, -0.2) is 4.68 Å². The Kier molecular flexibility index (Phi) is 6.68. The maximum atomic E-state index is 13.6. The molecule has 0 aliphatic carbocycles. The molecule has 154 valence electrons. The monoisotopic (exact) mass is 401 g/mol. The minimum atomic E-state index is -4.91. The van der Waals surface area contributed by atoms with E-state index >= 15 is 0 Å². The molecule has 0 unspecified atom stereocenters. The molecular formula is C18H22F3N3O4. The third-order valence-corrected chi connectivity index (χ3v) is 4.07. The molecule has 2 aromatic rings. The van der Waals surface area contributed by atoms with Gasteiger partial charge in [0.15, 0.2) is 0 Å². The van der Waals surface area contributed by atoms with Crippen LogP contribution in [-0.4, -0.2) is 47.9 Å². The highest BCUT2D eigenvalue weighted by molar-refractivity contribution is 5.51. The first-order valence-corrected chi connectivity index (χ1v) is 8.32. The smallest absolute Gasteiger partial charge is 0.423 e. The van der Waals surface area contributed by atoms with Crippen molar-refractivity contribution in [2.24, 2.45) is 0 Å².